The molecule has 1 atom stereocenters. The van der Waals surface area contributed by atoms with Crippen molar-refractivity contribution in [2.24, 2.45) is 0 Å². The van der Waals surface area contributed by atoms with E-state index in [1.165, 1.54) is 5.56 Å². The van der Waals surface area contributed by atoms with E-state index in [-0.39, 0.29) is 24.8 Å². The summed E-state index contributed by atoms with van der Waals surface area (Å²) in [5, 5.41) is 6.72. The lowest BCUT2D eigenvalue weighted by molar-refractivity contribution is 0.0645. The van der Waals surface area contributed by atoms with Crippen LogP contribution in [0.1, 0.15) is 36.9 Å². The minimum absolute atomic E-state index is 0. The van der Waals surface area contributed by atoms with Crippen molar-refractivity contribution in [1.29, 1.82) is 0 Å². The van der Waals surface area contributed by atoms with E-state index >= 15 is 0 Å². The molecule has 1 aromatic rings. The van der Waals surface area contributed by atoms with Crippen LogP contribution in [0.5, 0.6) is 5.75 Å². The highest BCUT2D eigenvalue weighted by Gasteiger charge is 2.17. The van der Waals surface area contributed by atoms with Crippen molar-refractivity contribution in [3.05, 3.63) is 17.3 Å². The monoisotopic (exact) mass is 377 g/mol. The second-order valence-electron chi connectivity index (χ2n) is 6.12. The number of hydrogen-bond acceptors (Lipinski definition) is 5. The van der Waals surface area contributed by atoms with E-state index in [1.54, 1.807) is 7.11 Å². The Labute approximate surface area is 157 Å². The van der Waals surface area contributed by atoms with Crippen LogP contribution in [0.3, 0.4) is 0 Å². The molecule has 138 valence electrons. The molecule has 0 bridgehead atoms. The zero-order valence-electron chi connectivity index (χ0n) is 14.3. The Balaban J connectivity index is 0.00000144. The van der Waals surface area contributed by atoms with Crippen molar-refractivity contribution < 1.29 is 9.47 Å². The fraction of sp³-hybridized carbons (Fsp3) is 0.706. The van der Waals surface area contributed by atoms with Crippen molar-refractivity contribution in [2.45, 2.75) is 44.6 Å². The van der Waals surface area contributed by atoms with Gasteiger partial charge in [0.25, 0.3) is 0 Å². The van der Waals surface area contributed by atoms with Crippen molar-refractivity contribution in [3.63, 3.8) is 0 Å². The van der Waals surface area contributed by atoms with Gasteiger partial charge in [-0.15, -0.1) is 24.8 Å². The summed E-state index contributed by atoms with van der Waals surface area (Å²) in [4.78, 5) is 4.76. The number of hydrogen-bond donors (Lipinski definition) is 2. The Morgan fingerprint density at radius 1 is 1.25 bits per heavy atom. The van der Waals surface area contributed by atoms with Crippen LogP contribution in [0.4, 0.5) is 5.82 Å². The molecule has 0 aromatic carbocycles. The van der Waals surface area contributed by atoms with Gasteiger partial charge in [-0.25, -0.2) is 4.98 Å². The summed E-state index contributed by atoms with van der Waals surface area (Å²) in [6.07, 6.45) is 6.96. The number of methoxy groups -OCH3 is 1. The van der Waals surface area contributed by atoms with E-state index in [1.807, 2.05) is 0 Å². The van der Waals surface area contributed by atoms with Crippen molar-refractivity contribution in [3.8, 4) is 5.75 Å². The fourth-order valence-corrected chi connectivity index (χ4v) is 3.20. The molecular formula is C17H29Cl2N3O2. The van der Waals surface area contributed by atoms with Crippen molar-refractivity contribution >= 4 is 30.6 Å². The van der Waals surface area contributed by atoms with Crippen molar-refractivity contribution in [2.75, 3.05) is 38.7 Å². The van der Waals surface area contributed by atoms with Gasteiger partial charge < -0.3 is 20.1 Å². The summed E-state index contributed by atoms with van der Waals surface area (Å²) in [6.45, 7) is 3.97. The molecule has 1 unspecified atom stereocenters. The molecule has 0 spiro atoms. The van der Waals surface area contributed by atoms with Crippen molar-refractivity contribution in [1.82, 2.24) is 10.3 Å². The van der Waals surface area contributed by atoms with Crippen LogP contribution in [-0.4, -0.2) is 44.4 Å². The van der Waals surface area contributed by atoms with Gasteiger partial charge in [0.2, 0.25) is 0 Å². The third-order valence-electron chi connectivity index (χ3n) is 4.45. The van der Waals surface area contributed by atoms with Gasteiger partial charge in [0.1, 0.15) is 11.6 Å². The molecule has 24 heavy (non-hydrogen) atoms. The largest absolute Gasteiger partial charge is 0.496 e. The number of aromatic nitrogens is 1. The number of rotatable bonds is 7. The van der Waals surface area contributed by atoms with Gasteiger partial charge >= 0.3 is 0 Å². The number of ether oxygens (including phenoxy) is 2. The van der Waals surface area contributed by atoms with Gasteiger partial charge in [0, 0.05) is 37.0 Å². The number of unbranched alkanes of at least 4 members (excludes halogenated alkanes) is 1. The second-order valence-corrected chi connectivity index (χ2v) is 6.12. The highest BCUT2D eigenvalue weighted by atomic mass is 35.5. The Bertz CT molecular complexity index is 480. The number of nitrogens with one attached hydrogen (secondary N) is 2. The van der Waals surface area contributed by atoms with Crippen LogP contribution in [0, 0.1) is 0 Å². The molecule has 2 N–H and O–H groups in total. The molecular weight excluding hydrogens is 349 g/mol. The molecule has 3 rings (SSSR count). The van der Waals surface area contributed by atoms with Gasteiger partial charge in [-0.05, 0) is 45.1 Å². The average Bonchev–Trinajstić information content (AvgIpc) is 3.07. The minimum atomic E-state index is 0. The first-order chi connectivity index (χ1) is 10.9. The predicted octanol–water partition coefficient (Wildman–Crippen LogP) is 2.99. The predicted molar refractivity (Wildman–Crippen MR) is 102 cm³/mol. The Hall–Kier alpha value is -0.750. The molecule has 0 amide bonds. The summed E-state index contributed by atoms with van der Waals surface area (Å²) in [7, 11) is 1.75. The zero-order valence-corrected chi connectivity index (χ0v) is 15.9. The van der Waals surface area contributed by atoms with Crippen LogP contribution in [0.25, 0.3) is 0 Å². The Morgan fingerprint density at radius 3 is 2.88 bits per heavy atom. The number of anilines is 1. The molecule has 1 fully saturated rings. The first kappa shape index (κ1) is 21.3. The number of aryl methyl sites for hydroxylation is 1. The molecule has 2 aliphatic rings. The topological polar surface area (TPSA) is 55.4 Å². The summed E-state index contributed by atoms with van der Waals surface area (Å²) < 4.78 is 11.4. The number of halogens is 2. The standard InChI is InChI=1S/C17H27N3O2.2ClH/c1-21-16-11-13(20-17-15(16)6-4-8-19-17)5-2-3-10-22-14-7-9-18-12-14;;/h11,14,18H,2-10,12H2,1H3,(H,19,20);2*1H. The van der Waals surface area contributed by atoms with E-state index in [9.17, 15) is 0 Å². The fourth-order valence-electron chi connectivity index (χ4n) is 3.20. The van der Waals surface area contributed by atoms with Crippen LogP contribution < -0.4 is 15.4 Å². The number of pyridine rings is 1. The minimum Gasteiger partial charge on any atom is -0.496 e. The maximum absolute atomic E-state index is 5.86. The third kappa shape index (κ3) is 5.66. The number of fused-ring (bicyclic) bond motifs is 1. The van der Waals surface area contributed by atoms with Gasteiger partial charge in [0.15, 0.2) is 0 Å². The molecule has 0 aliphatic carbocycles. The highest BCUT2D eigenvalue weighted by molar-refractivity contribution is 5.85. The van der Waals surface area contributed by atoms with E-state index in [0.717, 1.165) is 82.0 Å². The lowest BCUT2D eigenvalue weighted by Gasteiger charge is -2.20. The maximum atomic E-state index is 5.86. The maximum Gasteiger partial charge on any atom is 0.133 e. The van der Waals surface area contributed by atoms with Gasteiger partial charge in [-0.2, -0.15) is 0 Å². The average molecular weight is 378 g/mol. The molecule has 3 heterocycles. The van der Waals surface area contributed by atoms with E-state index in [2.05, 4.69) is 16.7 Å². The van der Waals surface area contributed by atoms with E-state index in [0.29, 0.717) is 6.10 Å². The van der Waals surface area contributed by atoms with Gasteiger partial charge in [0.05, 0.1) is 13.2 Å². The highest BCUT2D eigenvalue weighted by Crippen LogP contribution is 2.30. The molecule has 2 aliphatic heterocycles. The van der Waals surface area contributed by atoms with E-state index < -0.39 is 0 Å². The molecule has 0 radical (unpaired) electrons. The molecule has 0 saturated carbocycles. The first-order valence-electron chi connectivity index (χ1n) is 8.50. The first-order valence-corrected chi connectivity index (χ1v) is 8.50. The molecule has 1 aromatic heterocycles. The van der Waals surface area contributed by atoms with Crippen LogP contribution in [0.2, 0.25) is 0 Å². The smallest absolute Gasteiger partial charge is 0.133 e. The summed E-state index contributed by atoms with van der Waals surface area (Å²) in [6, 6.07) is 2.10. The second kappa shape index (κ2) is 11.0. The van der Waals surface area contributed by atoms with Gasteiger partial charge in [-0.3, -0.25) is 0 Å². The summed E-state index contributed by atoms with van der Waals surface area (Å²) in [5.41, 5.74) is 2.35. The number of nitrogens with zero attached hydrogens (tertiary/aromatic N) is 1. The summed E-state index contributed by atoms with van der Waals surface area (Å²) in [5.74, 6) is 2.01. The van der Waals surface area contributed by atoms with Gasteiger partial charge in [-0.1, -0.05) is 0 Å². The lowest BCUT2D eigenvalue weighted by atomic mass is 10.0. The Morgan fingerprint density at radius 2 is 2.12 bits per heavy atom. The lowest BCUT2D eigenvalue weighted by Crippen LogP contribution is -2.17. The quantitative estimate of drug-likeness (QED) is 0.715. The van der Waals surface area contributed by atoms with Crippen LogP contribution >= 0.6 is 24.8 Å². The molecule has 5 nitrogen and oxygen atoms in total. The van der Waals surface area contributed by atoms with E-state index in [4.69, 9.17) is 14.5 Å². The van der Waals surface area contributed by atoms with Crippen LogP contribution in [0.15, 0.2) is 6.07 Å². The Kier molecular flexibility index (Phi) is 9.74. The normalized spacial score (nSPS) is 18.8. The SMILES string of the molecule is COc1cc(CCCCOC2CCNC2)nc2c1CCCN2.Cl.Cl. The van der Waals surface area contributed by atoms with Crippen LogP contribution in [-0.2, 0) is 17.6 Å². The zero-order chi connectivity index (χ0) is 15.2. The molecule has 7 heteroatoms. The summed E-state index contributed by atoms with van der Waals surface area (Å²) >= 11 is 0. The molecule has 1 saturated heterocycles. The third-order valence-corrected chi connectivity index (χ3v) is 4.45.